The van der Waals surface area contributed by atoms with Crippen LogP contribution in [0.25, 0.3) is 0 Å². The van der Waals surface area contributed by atoms with E-state index in [1.165, 1.54) is 6.92 Å². The second kappa shape index (κ2) is 9.38. The zero-order chi connectivity index (χ0) is 19.8. The van der Waals surface area contributed by atoms with Crippen molar-refractivity contribution < 1.29 is 19.1 Å². The lowest BCUT2D eigenvalue weighted by Crippen LogP contribution is -2.44. The van der Waals surface area contributed by atoms with Crippen LogP contribution in [0, 0.1) is 13.8 Å². The molecule has 7 nitrogen and oxygen atoms in total. The number of hydrogen-bond acceptors (Lipinski definition) is 4. The van der Waals surface area contributed by atoms with Gasteiger partial charge in [0.1, 0.15) is 5.75 Å². The van der Waals surface area contributed by atoms with Gasteiger partial charge in [0.2, 0.25) is 11.8 Å². The van der Waals surface area contributed by atoms with Crippen LogP contribution in [0.15, 0.2) is 42.5 Å². The summed E-state index contributed by atoms with van der Waals surface area (Å²) < 4.78 is 5.53. The molecule has 3 amide bonds. The number of nitrogens with one attached hydrogen (secondary N) is 3. The maximum Gasteiger partial charge on any atom is 0.276 e. The maximum atomic E-state index is 11.9. The van der Waals surface area contributed by atoms with Crippen LogP contribution in [0.5, 0.6) is 5.75 Å². The van der Waals surface area contributed by atoms with Crippen molar-refractivity contribution in [2.24, 2.45) is 0 Å². The van der Waals surface area contributed by atoms with Gasteiger partial charge in [0.05, 0.1) is 6.42 Å². The van der Waals surface area contributed by atoms with Gasteiger partial charge in [-0.3, -0.25) is 25.2 Å². The van der Waals surface area contributed by atoms with Gasteiger partial charge in [-0.15, -0.1) is 0 Å². The average molecular weight is 369 g/mol. The molecule has 0 aliphatic carbocycles. The van der Waals surface area contributed by atoms with E-state index < -0.39 is 5.91 Å². The number of benzene rings is 2. The van der Waals surface area contributed by atoms with Gasteiger partial charge in [0.25, 0.3) is 5.91 Å². The van der Waals surface area contributed by atoms with Gasteiger partial charge in [-0.05, 0) is 42.7 Å². The third-order valence-electron chi connectivity index (χ3n) is 3.74. The van der Waals surface area contributed by atoms with Crippen LogP contribution in [0.4, 0.5) is 5.69 Å². The first-order valence-electron chi connectivity index (χ1n) is 8.48. The molecule has 2 rings (SSSR count). The van der Waals surface area contributed by atoms with Gasteiger partial charge in [-0.1, -0.05) is 30.3 Å². The summed E-state index contributed by atoms with van der Waals surface area (Å²) in [6.07, 6.45) is 0.0956. The number of carbonyl (C=O) groups is 3. The number of aryl methyl sites for hydroxylation is 2. The fraction of sp³-hybridized carbons (Fsp3) is 0.250. The fourth-order valence-electron chi connectivity index (χ4n) is 2.48. The van der Waals surface area contributed by atoms with E-state index in [1.54, 1.807) is 24.3 Å². The molecular weight excluding hydrogens is 346 g/mol. The molecule has 0 saturated carbocycles. The summed E-state index contributed by atoms with van der Waals surface area (Å²) in [5.74, 6) is -0.306. The summed E-state index contributed by atoms with van der Waals surface area (Å²) in [5, 5.41) is 2.65. The van der Waals surface area contributed by atoms with Crippen LogP contribution >= 0.6 is 0 Å². The highest BCUT2D eigenvalue weighted by Crippen LogP contribution is 2.21. The number of amides is 3. The third kappa shape index (κ3) is 6.47. The molecule has 2 aromatic rings. The summed E-state index contributed by atoms with van der Waals surface area (Å²) in [4.78, 5) is 34.8. The lowest BCUT2D eigenvalue weighted by molar-refractivity contribution is -0.129. The van der Waals surface area contributed by atoms with Gasteiger partial charge in [-0.25, -0.2) is 0 Å². The van der Waals surface area contributed by atoms with E-state index in [0.29, 0.717) is 11.4 Å². The Kier molecular flexibility index (Phi) is 6.93. The smallest absolute Gasteiger partial charge is 0.276 e. The van der Waals surface area contributed by atoms with Crippen LogP contribution in [-0.2, 0) is 20.8 Å². The Morgan fingerprint density at radius 1 is 0.889 bits per heavy atom. The van der Waals surface area contributed by atoms with Gasteiger partial charge in [0, 0.05) is 12.6 Å². The van der Waals surface area contributed by atoms with E-state index in [1.807, 2.05) is 32.0 Å². The fourth-order valence-corrected chi connectivity index (χ4v) is 2.48. The van der Waals surface area contributed by atoms with E-state index in [2.05, 4.69) is 16.2 Å². The van der Waals surface area contributed by atoms with Crippen molar-refractivity contribution in [1.82, 2.24) is 10.9 Å². The molecule has 3 N–H and O–H groups in total. The van der Waals surface area contributed by atoms with E-state index in [0.717, 1.165) is 16.7 Å². The zero-order valence-electron chi connectivity index (χ0n) is 15.6. The van der Waals surface area contributed by atoms with Crippen molar-refractivity contribution >= 4 is 23.4 Å². The van der Waals surface area contributed by atoms with Crippen molar-refractivity contribution in [3.8, 4) is 5.75 Å². The molecule has 27 heavy (non-hydrogen) atoms. The summed E-state index contributed by atoms with van der Waals surface area (Å²) in [5.41, 5.74) is 7.97. The van der Waals surface area contributed by atoms with Gasteiger partial charge >= 0.3 is 0 Å². The van der Waals surface area contributed by atoms with Crippen molar-refractivity contribution in [2.45, 2.75) is 27.2 Å². The zero-order valence-corrected chi connectivity index (χ0v) is 15.6. The van der Waals surface area contributed by atoms with Gasteiger partial charge in [0.15, 0.2) is 6.61 Å². The molecule has 7 heteroatoms. The van der Waals surface area contributed by atoms with Crippen molar-refractivity contribution in [1.29, 1.82) is 0 Å². The SMILES string of the molecule is CC(=O)Nc1ccc(CC(=O)NNC(=O)COc2c(C)cccc2C)cc1. The molecule has 0 atom stereocenters. The summed E-state index contributed by atoms with van der Waals surface area (Å²) in [6, 6.07) is 12.6. The number of hydrazine groups is 1. The Hall–Kier alpha value is -3.35. The lowest BCUT2D eigenvalue weighted by Gasteiger charge is -2.12. The van der Waals surface area contributed by atoms with Crippen molar-refractivity contribution in [3.63, 3.8) is 0 Å². The molecule has 2 aromatic carbocycles. The Morgan fingerprint density at radius 3 is 2.07 bits per heavy atom. The Labute approximate surface area is 158 Å². The Morgan fingerprint density at radius 2 is 1.48 bits per heavy atom. The predicted octanol–water partition coefficient (Wildman–Crippen LogP) is 2.03. The molecule has 0 aliphatic rings. The molecule has 0 radical (unpaired) electrons. The highest BCUT2D eigenvalue weighted by Gasteiger charge is 2.09. The van der Waals surface area contributed by atoms with Crippen LogP contribution in [0.1, 0.15) is 23.6 Å². The van der Waals surface area contributed by atoms with Gasteiger partial charge < -0.3 is 10.1 Å². The van der Waals surface area contributed by atoms with Gasteiger partial charge in [-0.2, -0.15) is 0 Å². The van der Waals surface area contributed by atoms with E-state index in [-0.39, 0.29) is 24.8 Å². The number of carbonyl (C=O) groups excluding carboxylic acids is 3. The topological polar surface area (TPSA) is 96.5 Å². The Balaban J connectivity index is 1.76. The van der Waals surface area contributed by atoms with Crippen molar-refractivity contribution in [2.75, 3.05) is 11.9 Å². The van der Waals surface area contributed by atoms with Crippen molar-refractivity contribution in [3.05, 3.63) is 59.2 Å². The summed E-state index contributed by atoms with van der Waals surface area (Å²) >= 11 is 0. The number of hydrogen-bond donors (Lipinski definition) is 3. The van der Waals surface area contributed by atoms with E-state index in [4.69, 9.17) is 4.74 Å². The second-order valence-corrected chi connectivity index (χ2v) is 6.16. The molecule has 0 fully saturated rings. The monoisotopic (exact) mass is 369 g/mol. The number of rotatable bonds is 6. The van der Waals surface area contributed by atoms with Crippen LogP contribution in [0.2, 0.25) is 0 Å². The largest absolute Gasteiger partial charge is 0.483 e. The predicted molar refractivity (Wildman–Crippen MR) is 102 cm³/mol. The Bertz CT molecular complexity index is 811. The molecule has 0 saturated heterocycles. The molecule has 142 valence electrons. The highest BCUT2D eigenvalue weighted by molar-refractivity contribution is 5.88. The minimum atomic E-state index is -0.452. The second-order valence-electron chi connectivity index (χ2n) is 6.16. The standard InChI is InChI=1S/C20H23N3O4/c1-13-5-4-6-14(2)20(13)27-12-19(26)23-22-18(25)11-16-7-9-17(10-8-16)21-15(3)24/h4-10H,11-12H2,1-3H3,(H,21,24)(H,22,25)(H,23,26). The molecule has 0 unspecified atom stereocenters. The lowest BCUT2D eigenvalue weighted by atomic mass is 10.1. The van der Waals surface area contributed by atoms with Crippen LogP contribution < -0.4 is 20.9 Å². The summed E-state index contributed by atoms with van der Waals surface area (Å²) in [6.45, 7) is 5.03. The quantitative estimate of drug-likeness (QED) is 0.679. The van der Waals surface area contributed by atoms with Crippen LogP contribution in [-0.4, -0.2) is 24.3 Å². The number of ether oxygens (including phenoxy) is 1. The number of para-hydroxylation sites is 1. The average Bonchev–Trinajstić information content (AvgIpc) is 2.61. The minimum absolute atomic E-state index is 0.0956. The molecule has 0 heterocycles. The van der Waals surface area contributed by atoms with E-state index >= 15 is 0 Å². The minimum Gasteiger partial charge on any atom is -0.483 e. The maximum absolute atomic E-state index is 11.9. The van der Waals surface area contributed by atoms with Crippen LogP contribution in [0.3, 0.4) is 0 Å². The normalized spacial score (nSPS) is 10.0. The third-order valence-corrected chi connectivity index (χ3v) is 3.74. The summed E-state index contributed by atoms with van der Waals surface area (Å²) in [7, 11) is 0. The molecule has 0 spiro atoms. The number of anilines is 1. The molecule has 0 bridgehead atoms. The molecule has 0 aromatic heterocycles. The molecular formula is C20H23N3O4. The molecule has 0 aliphatic heterocycles. The first kappa shape index (κ1) is 20.0. The highest BCUT2D eigenvalue weighted by atomic mass is 16.5. The van der Waals surface area contributed by atoms with E-state index in [9.17, 15) is 14.4 Å². The first-order valence-corrected chi connectivity index (χ1v) is 8.48. The first-order chi connectivity index (χ1) is 12.8.